The van der Waals surface area contributed by atoms with Gasteiger partial charge in [-0.05, 0) is 43.7 Å². The normalized spacial score (nSPS) is 19.5. The predicted octanol–water partition coefficient (Wildman–Crippen LogP) is 2.31. The molecule has 0 aromatic carbocycles. The molecule has 1 aliphatic heterocycles. The maximum absolute atomic E-state index is 5.77. The smallest absolute Gasteiger partial charge is 0.227 e. The molecule has 1 saturated heterocycles. The lowest BCUT2D eigenvalue weighted by Gasteiger charge is -2.22. The Morgan fingerprint density at radius 2 is 2.04 bits per heavy atom. The van der Waals surface area contributed by atoms with E-state index in [0.717, 1.165) is 37.1 Å². The van der Waals surface area contributed by atoms with Crippen molar-refractivity contribution in [3.05, 3.63) is 18.3 Å². The van der Waals surface area contributed by atoms with Crippen molar-refractivity contribution in [1.29, 1.82) is 0 Å². The van der Waals surface area contributed by atoms with Crippen LogP contribution in [0.1, 0.15) is 25.7 Å². The standard InChI is InChI=1S/C17H25N5O/c1-20-9-5-6-14(20)16-18-19-17(21-10-3-4-11-21)22(16)12-15(23-2)13-7-8-13/h5-6,9,13,15H,3-4,7-8,10-12H2,1-2H3. The third kappa shape index (κ3) is 2.76. The van der Waals surface area contributed by atoms with Gasteiger partial charge in [0.15, 0.2) is 5.82 Å². The van der Waals surface area contributed by atoms with Crippen molar-refractivity contribution in [2.45, 2.75) is 38.3 Å². The summed E-state index contributed by atoms with van der Waals surface area (Å²) in [5.74, 6) is 2.64. The summed E-state index contributed by atoms with van der Waals surface area (Å²) in [7, 11) is 3.88. The molecule has 2 aromatic heterocycles. The van der Waals surface area contributed by atoms with Crippen molar-refractivity contribution in [1.82, 2.24) is 19.3 Å². The van der Waals surface area contributed by atoms with Crippen LogP contribution in [-0.2, 0) is 18.3 Å². The Bertz CT molecular complexity index is 666. The third-order valence-corrected chi connectivity index (χ3v) is 5.11. The molecule has 3 heterocycles. The van der Waals surface area contributed by atoms with Gasteiger partial charge in [-0.3, -0.25) is 4.57 Å². The SMILES string of the molecule is COC(Cn1c(-c2cccn2C)nnc1N1CCCC1)C1CC1. The van der Waals surface area contributed by atoms with Gasteiger partial charge in [0.05, 0.1) is 18.3 Å². The zero-order valence-electron chi connectivity index (χ0n) is 14.0. The molecule has 1 atom stereocenters. The number of rotatable bonds is 6. The molecule has 1 aliphatic carbocycles. The van der Waals surface area contributed by atoms with Crippen molar-refractivity contribution in [3.8, 4) is 11.5 Å². The molecule has 1 saturated carbocycles. The van der Waals surface area contributed by atoms with Crippen LogP contribution in [0, 0.1) is 5.92 Å². The summed E-state index contributed by atoms with van der Waals surface area (Å²) in [6.45, 7) is 2.99. The zero-order valence-corrected chi connectivity index (χ0v) is 14.0. The van der Waals surface area contributed by atoms with Crippen LogP contribution in [0.2, 0.25) is 0 Å². The monoisotopic (exact) mass is 315 g/mol. The first-order valence-corrected chi connectivity index (χ1v) is 8.60. The van der Waals surface area contributed by atoms with Crippen molar-refractivity contribution >= 4 is 5.95 Å². The van der Waals surface area contributed by atoms with Crippen molar-refractivity contribution in [2.75, 3.05) is 25.1 Å². The Kier molecular flexibility index (Phi) is 3.85. The number of aryl methyl sites for hydroxylation is 1. The second-order valence-corrected chi connectivity index (χ2v) is 6.74. The third-order valence-electron chi connectivity index (χ3n) is 5.11. The number of ether oxygens (including phenoxy) is 1. The fraction of sp³-hybridized carbons (Fsp3) is 0.647. The highest BCUT2D eigenvalue weighted by molar-refractivity contribution is 5.54. The summed E-state index contributed by atoms with van der Waals surface area (Å²) < 4.78 is 10.1. The summed E-state index contributed by atoms with van der Waals surface area (Å²) in [5.41, 5.74) is 1.11. The molecular formula is C17H25N5O. The molecule has 23 heavy (non-hydrogen) atoms. The Labute approximate surface area is 137 Å². The van der Waals surface area contributed by atoms with E-state index in [1.54, 1.807) is 0 Å². The summed E-state index contributed by atoms with van der Waals surface area (Å²) >= 11 is 0. The van der Waals surface area contributed by atoms with E-state index in [0.29, 0.717) is 5.92 Å². The molecular weight excluding hydrogens is 290 g/mol. The summed E-state index contributed by atoms with van der Waals surface area (Å²) in [6, 6.07) is 4.16. The molecule has 1 unspecified atom stereocenters. The minimum atomic E-state index is 0.256. The van der Waals surface area contributed by atoms with Crippen molar-refractivity contribution in [3.63, 3.8) is 0 Å². The van der Waals surface area contributed by atoms with Gasteiger partial charge >= 0.3 is 0 Å². The second kappa shape index (κ2) is 6.00. The first-order valence-electron chi connectivity index (χ1n) is 8.60. The predicted molar refractivity (Wildman–Crippen MR) is 89.4 cm³/mol. The molecule has 6 heteroatoms. The van der Waals surface area contributed by atoms with Gasteiger partial charge in [0, 0.05) is 33.4 Å². The molecule has 6 nitrogen and oxygen atoms in total. The number of hydrogen-bond acceptors (Lipinski definition) is 4. The van der Waals surface area contributed by atoms with E-state index < -0.39 is 0 Å². The van der Waals surface area contributed by atoms with Crippen molar-refractivity contribution in [2.24, 2.45) is 13.0 Å². The number of nitrogens with zero attached hydrogens (tertiary/aromatic N) is 5. The maximum atomic E-state index is 5.77. The lowest BCUT2D eigenvalue weighted by molar-refractivity contribution is 0.0704. The van der Waals surface area contributed by atoms with Gasteiger partial charge in [-0.25, -0.2) is 0 Å². The van der Waals surface area contributed by atoms with Crippen LogP contribution < -0.4 is 4.90 Å². The Hall–Kier alpha value is -1.82. The minimum Gasteiger partial charge on any atom is -0.379 e. The van der Waals surface area contributed by atoms with E-state index in [1.165, 1.54) is 25.7 Å². The molecule has 0 bridgehead atoms. The quantitative estimate of drug-likeness (QED) is 0.821. The van der Waals surface area contributed by atoms with Gasteiger partial charge < -0.3 is 14.2 Å². The van der Waals surface area contributed by atoms with Crippen LogP contribution in [0.3, 0.4) is 0 Å². The molecule has 0 N–H and O–H groups in total. The summed E-state index contributed by atoms with van der Waals surface area (Å²) in [5, 5.41) is 9.06. The lowest BCUT2D eigenvalue weighted by atomic mass is 10.2. The second-order valence-electron chi connectivity index (χ2n) is 6.74. The molecule has 0 radical (unpaired) electrons. The van der Waals surface area contributed by atoms with E-state index >= 15 is 0 Å². The molecule has 2 aromatic rings. The van der Waals surface area contributed by atoms with Crippen LogP contribution in [0.5, 0.6) is 0 Å². The summed E-state index contributed by atoms with van der Waals surface area (Å²) in [6.07, 6.45) is 7.34. The molecule has 0 amide bonds. The zero-order chi connectivity index (χ0) is 15.8. The minimum absolute atomic E-state index is 0.256. The Morgan fingerprint density at radius 3 is 2.65 bits per heavy atom. The maximum Gasteiger partial charge on any atom is 0.227 e. The fourth-order valence-electron chi connectivity index (χ4n) is 3.56. The van der Waals surface area contributed by atoms with E-state index in [9.17, 15) is 0 Å². The molecule has 0 spiro atoms. The van der Waals surface area contributed by atoms with Gasteiger partial charge in [-0.2, -0.15) is 0 Å². The van der Waals surface area contributed by atoms with Gasteiger partial charge in [0.2, 0.25) is 5.95 Å². The molecule has 4 rings (SSSR count). The first kappa shape index (κ1) is 14.8. The number of hydrogen-bond donors (Lipinski definition) is 0. The molecule has 2 fully saturated rings. The van der Waals surface area contributed by atoms with Gasteiger partial charge in [0.1, 0.15) is 0 Å². The van der Waals surface area contributed by atoms with Gasteiger partial charge in [-0.15, -0.1) is 10.2 Å². The van der Waals surface area contributed by atoms with Crippen LogP contribution in [0.25, 0.3) is 11.5 Å². The molecule has 2 aliphatic rings. The summed E-state index contributed by atoms with van der Waals surface area (Å²) in [4.78, 5) is 2.36. The highest BCUT2D eigenvalue weighted by Crippen LogP contribution is 2.36. The number of aromatic nitrogens is 4. The highest BCUT2D eigenvalue weighted by Gasteiger charge is 2.33. The van der Waals surface area contributed by atoms with Crippen LogP contribution in [0.15, 0.2) is 18.3 Å². The van der Waals surface area contributed by atoms with Crippen LogP contribution >= 0.6 is 0 Å². The van der Waals surface area contributed by atoms with Crippen LogP contribution in [0.4, 0.5) is 5.95 Å². The Balaban J connectivity index is 1.72. The first-order chi connectivity index (χ1) is 11.3. The van der Waals surface area contributed by atoms with E-state index in [1.807, 2.05) is 7.11 Å². The van der Waals surface area contributed by atoms with E-state index in [4.69, 9.17) is 4.74 Å². The van der Waals surface area contributed by atoms with Crippen molar-refractivity contribution < 1.29 is 4.74 Å². The number of anilines is 1. The average molecular weight is 315 g/mol. The fourth-order valence-corrected chi connectivity index (χ4v) is 3.56. The largest absolute Gasteiger partial charge is 0.379 e. The lowest BCUT2D eigenvalue weighted by Crippen LogP contribution is -2.27. The van der Waals surface area contributed by atoms with E-state index in [2.05, 4.69) is 49.6 Å². The van der Waals surface area contributed by atoms with E-state index in [-0.39, 0.29) is 6.10 Å². The van der Waals surface area contributed by atoms with Crippen LogP contribution in [-0.4, -0.2) is 45.6 Å². The highest BCUT2D eigenvalue weighted by atomic mass is 16.5. The number of methoxy groups -OCH3 is 1. The Morgan fingerprint density at radius 1 is 1.26 bits per heavy atom. The average Bonchev–Trinajstić information content (AvgIpc) is 2.95. The van der Waals surface area contributed by atoms with Gasteiger partial charge in [0.25, 0.3) is 0 Å². The topological polar surface area (TPSA) is 48.1 Å². The molecule has 124 valence electrons. The van der Waals surface area contributed by atoms with Gasteiger partial charge in [-0.1, -0.05) is 0 Å².